The van der Waals surface area contributed by atoms with Crippen LogP contribution in [0.4, 0.5) is 0 Å². The lowest BCUT2D eigenvalue weighted by Crippen LogP contribution is -2.39. The van der Waals surface area contributed by atoms with Gasteiger partial charge < -0.3 is 0 Å². The number of aromatic nitrogens is 1. The zero-order chi connectivity index (χ0) is 12.3. The lowest BCUT2D eigenvalue weighted by Gasteiger charge is -2.36. The van der Waals surface area contributed by atoms with Crippen molar-refractivity contribution < 1.29 is 0 Å². The van der Waals surface area contributed by atoms with Gasteiger partial charge in [0.1, 0.15) is 11.8 Å². The minimum atomic E-state index is 0.514. The van der Waals surface area contributed by atoms with Crippen LogP contribution >= 0.6 is 0 Å². The summed E-state index contributed by atoms with van der Waals surface area (Å²) in [5, 5.41) is 8.83. The van der Waals surface area contributed by atoms with E-state index in [4.69, 9.17) is 5.26 Å². The van der Waals surface area contributed by atoms with Gasteiger partial charge in [0.05, 0.1) is 0 Å². The predicted octanol–water partition coefficient (Wildman–Crippen LogP) is 2.57. The molecule has 1 fully saturated rings. The fourth-order valence-corrected chi connectivity index (χ4v) is 2.56. The van der Waals surface area contributed by atoms with Crippen LogP contribution in [-0.2, 0) is 6.54 Å². The first-order valence-electron chi connectivity index (χ1n) is 6.28. The second-order valence-electron chi connectivity index (χ2n) is 5.11. The van der Waals surface area contributed by atoms with E-state index in [2.05, 4.69) is 29.8 Å². The largest absolute Gasteiger partial charge is 0.296 e. The molecule has 0 saturated carbocycles. The highest BCUT2D eigenvalue weighted by atomic mass is 15.2. The van der Waals surface area contributed by atoms with E-state index in [1.54, 1.807) is 6.20 Å². The molecule has 0 aliphatic carbocycles. The summed E-state index contributed by atoms with van der Waals surface area (Å²) in [6.07, 6.45) is 4.28. The zero-order valence-corrected chi connectivity index (χ0v) is 10.6. The van der Waals surface area contributed by atoms with Crippen molar-refractivity contribution in [3.8, 4) is 6.07 Å². The Morgan fingerprint density at radius 3 is 3.06 bits per heavy atom. The van der Waals surface area contributed by atoms with Gasteiger partial charge in [-0.2, -0.15) is 5.26 Å². The number of hydrogen-bond donors (Lipinski definition) is 0. The standard InChI is InChI=1S/C14H19N3/c1-11-4-6-17(12(2)7-11)10-13-3-5-16-14(8-13)9-15/h3,5,8,11-12H,4,6-7,10H2,1-2H3. The van der Waals surface area contributed by atoms with Gasteiger partial charge in [-0.25, -0.2) is 4.98 Å². The molecule has 0 spiro atoms. The van der Waals surface area contributed by atoms with E-state index in [1.165, 1.54) is 18.4 Å². The van der Waals surface area contributed by atoms with Crippen LogP contribution in [0.15, 0.2) is 18.3 Å². The second-order valence-corrected chi connectivity index (χ2v) is 5.11. The lowest BCUT2D eigenvalue weighted by atomic mass is 9.93. The summed E-state index contributed by atoms with van der Waals surface area (Å²) in [6, 6.07) is 6.63. The number of piperidine rings is 1. The molecule has 0 amide bonds. The molecule has 2 unspecified atom stereocenters. The van der Waals surface area contributed by atoms with E-state index in [-0.39, 0.29) is 0 Å². The molecule has 1 aliphatic rings. The topological polar surface area (TPSA) is 39.9 Å². The van der Waals surface area contributed by atoms with Gasteiger partial charge in [-0.1, -0.05) is 6.92 Å². The highest BCUT2D eigenvalue weighted by molar-refractivity contribution is 5.25. The molecular formula is C14H19N3. The highest BCUT2D eigenvalue weighted by Crippen LogP contribution is 2.23. The Morgan fingerprint density at radius 2 is 2.35 bits per heavy atom. The summed E-state index contributed by atoms with van der Waals surface area (Å²) in [4.78, 5) is 6.50. The molecule has 3 heteroatoms. The first-order valence-corrected chi connectivity index (χ1v) is 6.28. The summed E-state index contributed by atoms with van der Waals surface area (Å²) in [5.74, 6) is 0.841. The van der Waals surface area contributed by atoms with E-state index in [0.29, 0.717) is 11.7 Å². The third-order valence-electron chi connectivity index (χ3n) is 3.60. The molecule has 0 N–H and O–H groups in total. The molecule has 2 heterocycles. The SMILES string of the molecule is CC1CCN(Cc2ccnc(C#N)c2)C(C)C1. The molecule has 17 heavy (non-hydrogen) atoms. The van der Waals surface area contributed by atoms with Crippen LogP contribution < -0.4 is 0 Å². The molecule has 0 aromatic carbocycles. The van der Waals surface area contributed by atoms with Gasteiger partial charge in [0.2, 0.25) is 0 Å². The van der Waals surface area contributed by atoms with Crippen LogP contribution in [0.1, 0.15) is 37.9 Å². The maximum absolute atomic E-state index is 8.83. The number of likely N-dealkylation sites (tertiary alicyclic amines) is 1. The molecule has 2 atom stereocenters. The van der Waals surface area contributed by atoms with Crippen LogP contribution in [0.5, 0.6) is 0 Å². The molecule has 3 nitrogen and oxygen atoms in total. The van der Waals surface area contributed by atoms with Crippen LogP contribution in [0, 0.1) is 17.2 Å². The number of rotatable bonds is 2. The summed E-state index contributed by atoms with van der Waals surface area (Å²) in [6.45, 7) is 6.72. The Bertz CT molecular complexity index is 422. The van der Waals surface area contributed by atoms with E-state index >= 15 is 0 Å². The maximum atomic E-state index is 8.83. The van der Waals surface area contributed by atoms with Gasteiger partial charge >= 0.3 is 0 Å². The monoisotopic (exact) mass is 229 g/mol. The molecule has 90 valence electrons. The summed E-state index contributed by atoms with van der Waals surface area (Å²) in [5.41, 5.74) is 1.71. The average molecular weight is 229 g/mol. The van der Waals surface area contributed by atoms with Gasteiger partial charge in [-0.05, 0) is 49.9 Å². The fourth-order valence-electron chi connectivity index (χ4n) is 2.56. The average Bonchev–Trinajstić information content (AvgIpc) is 2.33. The van der Waals surface area contributed by atoms with E-state index < -0.39 is 0 Å². The lowest BCUT2D eigenvalue weighted by molar-refractivity contribution is 0.122. The molecule has 1 saturated heterocycles. The summed E-state index contributed by atoms with van der Waals surface area (Å²) >= 11 is 0. The summed E-state index contributed by atoms with van der Waals surface area (Å²) in [7, 11) is 0. The van der Waals surface area contributed by atoms with Crippen molar-refractivity contribution in [2.45, 2.75) is 39.3 Å². The van der Waals surface area contributed by atoms with Crippen LogP contribution in [0.2, 0.25) is 0 Å². The highest BCUT2D eigenvalue weighted by Gasteiger charge is 2.22. The zero-order valence-electron chi connectivity index (χ0n) is 10.6. The van der Waals surface area contributed by atoms with Crippen LogP contribution in [0.3, 0.4) is 0 Å². The molecule has 1 aromatic heterocycles. The maximum Gasteiger partial charge on any atom is 0.140 e. The van der Waals surface area contributed by atoms with Crippen molar-refractivity contribution in [2.24, 2.45) is 5.92 Å². The number of nitrogens with zero attached hydrogens (tertiary/aromatic N) is 3. The number of hydrogen-bond acceptors (Lipinski definition) is 3. The Balaban J connectivity index is 2.03. The summed E-state index contributed by atoms with van der Waals surface area (Å²) < 4.78 is 0. The number of nitriles is 1. The van der Waals surface area contributed by atoms with E-state index in [1.807, 2.05) is 12.1 Å². The second kappa shape index (κ2) is 5.29. The third-order valence-corrected chi connectivity index (χ3v) is 3.60. The molecule has 0 radical (unpaired) electrons. The van der Waals surface area contributed by atoms with Crippen molar-refractivity contribution in [3.05, 3.63) is 29.6 Å². The Morgan fingerprint density at radius 1 is 1.53 bits per heavy atom. The third kappa shape index (κ3) is 3.04. The Kier molecular flexibility index (Phi) is 3.75. The minimum Gasteiger partial charge on any atom is -0.296 e. The van der Waals surface area contributed by atoms with Gasteiger partial charge in [0, 0.05) is 18.8 Å². The van der Waals surface area contributed by atoms with Gasteiger partial charge in [-0.3, -0.25) is 4.90 Å². The van der Waals surface area contributed by atoms with Gasteiger partial charge in [0.15, 0.2) is 0 Å². The van der Waals surface area contributed by atoms with E-state index in [0.717, 1.165) is 19.0 Å². The molecule has 0 bridgehead atoms. The van der Waals surface area contributed by atoms with Crippen molar-refractivity contribution in [1.82, 2.24) is 9.88 Å². The number of pyridine rings is 1. The Labute approximate surface area is 103 Å². The van der Waals surface area contributed by atoms with Crippen LogP contribution in [0.25, 0.3) is 0 Å². The smallest absolute Gasteiger partial charge is 0.140 e. The molecular weight excluding hydrogens is 210 g/mol. The Hall–Kier alpha value is -1.40. The predicted molar refractivity (Wildman–Crippen MR) is 67.2 cm³/mol. The van der Waals surface area contributed by atoms with Crippen molar-refractivity contribution in [2.75, 3.05) is 6.54 Å². The van der Waals surface area contributed by atoms with Gasteiger partial charge in [-0.15, -0.1) is 0 Å². The van der Waals surface area contributed by atoms with Crippen molar-refractivity contribution in [1.29, 1.82) is 5.26 Å². The normalized spacial score (nSPS) is 25.5. The first kappa shape index (κ1) is 12.1. The van der Waals surface area contributed by atoms with Crippen molar-refractivity contribution >= 4 is 0 Å². The van der Waals surface area contributed by atoms with E-state index in [9.17, 15) is 0 Å². The van der Waals surface area contributed by atoms with Crippen LogP contribution in [-0.4, -0.2) is 22.5 Å². The molecule has 1 aliphatic heterocycles. The molecule has 1 aromatic rings. The van der Waals surface area contributed by atoms with Gasteiger partial charge in [0.25, 0.3) is 0 Å². The quantitative estimate of drug-likeness (QED) is 0.782. The van der Waals surface area contributed by atoms with Crippen molar-refractivity contribution in [3.63, 3.8) is 0 Å². The first-order chi connectivity index (χ1) is 8.19. The fraction of sp³-hybridized carbons (Fsp3) is 0.571. The molecule has 2 rings (SSSR count). The minimum absolute atomic E-state index is 0.514.